The lowest BCUT2D eigenvalue weighted by Crippen LogP contribution is -2.12. The molecule has 0 atom stereocenters. The van der Waals surface area contributed by atoms with Crippen LogP contribution in [0.3, 0.4) is 0 Å². The number of benzene rings is 1. The van der Waals surface area contributed by atoms with Gasteiger partial charge in [-0.1, -0.05) is 23.8 Å². The van der Waals surface area contributed by atoms with Crippen molar-refractivity contribution in [2.45, 2.75) is 6.42 Å². The predicted molar refractivity (Wildman–Crippen MR) is 58.3 cm³/mol. The predicted octanol–water partition coefficient (Wildman–Crippen LogP) is 2.53. The van der Waals surface area contributed by atoms with Gasteiger partial charge >= 0.3 is 0 Å². The Morgan fingerprint density at radius 2 is 2.29 bits per heavy atom. The molecule has 0 saturated heterocycles. The Kier molecular flexibility index (Phi) is 4.10. The Hall–Kier alpha value is -0.870. The van der Waals surface area contributed by atoms with E-state index < -0.39 is 5.82 Å². The molecular formula is C9H9ClFNOS. The fourth-order valence-corrected chi connectivity index (χ4v) is 1.16. The van der Waals surface area contributed by atoms with Crippen molar-refractivity contribution >= 4 is 28.8 Å². The lowest BCUT2D eigenvalue weighted by molar-refractivity contribution is 0.329. The van der Waals surface area contributed by atoms with E-state index in [4.69, 9.17) is 22.1 Å². The third kappa shape index (κ3) is 3.47. The maximum Gasteiger partial charge on any atom is 0.138 e. The van der Waals surface area contributed by atoms with E-state index in [9.17, 15) is 4.39 Å². The van der Waals surface area contributed by atoms with Crippen LogP contribution in [0.15, 0.2) is 18.2 Å². The molecule has 0 fully saturated rings. The van der Waals surface area contributed by atoms with E-state index in [0.717, 1.165) is 0 Å². The van der Waals surface area contributed by atoms with Crippen molar-refractivity contribution in [2.75, 3.05) is 6.61 Å². The molecule has 2 nitrogen and oxygen atoms in total. The summed E-state index contributed by atoms with van der Waals surface area (Å²) < 4.78 is 17.9. The summed E-state index contributed by atoms with van der Waals surface area (Å²) in [5.41, 5.74) is 5.28. The number of hydrogen-bond donors (Lipinski definition) is 1. The summed E-state index contributed by atoms with van der Waals surface area (Å²) in [5.74, 6) is 0.0426. The molecule has 1 aromatic carbocycles. The average Bonchev–Trinajstić information content (AvgIpc) is 2.08. The van der Waals surface area contributed by atoms with Crippen LogP contribution in [0.25, 0.3) is 0 Å². The van der Waals surface area contributed by atoms with Crippen molar-refractivity contribution in [3.8, 4) is 5.75 Å². The number of halogens is 2. The van der Waals surface area contributed by atoms with Crippen LogP contribution in [0.2, 0.25) is 5.02 Å². The zero-order chi connectivity index (χ0) is 10.6. The largest absolute Gasteiger partial charge is 0.492 e. The van der Waals surface area contributed by atoms with Crippen molar-refractivity contribution in [3.63, 3.8) is 0 Å². The molecule has 0 spiro atoms. The Morgan fingerprint density at radius 3 is 2.86 bits per heavy atom. The Morgan fingerprint density at radius 1 is 1.57 bits per heavy atom. The van der Waals surface area contributed by atoms with Crippen LogP contribution in [0.4, 0.5) is 4.39 Å². The summed E-state index contributed by atoms with van der Waals surface area (Å²) in [6.45, 7) is 0.348. The maximum atomic E-state index is 12.6. The first-order valence-corrected chi connectivity index (χ1v) is 4.74. The van der Waals surface area contributed by atoms with Crippen LogP contribution in [0, 0.1) is 5.82 Å². The van der Waals surface area contributed by atoms with Gasteiger partial charge in [-0.15, -0.1) is 0 Å². The Balaban J connectivity index is 2.55. The minimum absolute atomic E-state index is 0.243. The summed E-state index contributed by atoms with van der Waals surface area (Å²) in [7, 11) is 0. The third-order valence-electron chi connectivity index (χ3n) is 1.50. The van der Waals surface area contributed by atoms with Crippen LogP contribution in [0.5, 0.6) is 5.75 Å². The normalized spacial score (nSPS) is 9.86. The van der Waals surface area contributed by atoms with Crippen LogP contribution in [-0.2, 0) is 0 Å². The van der Waals surface area contributed by atoms with Gasteiger partial charge in [-0.2, -0.15) is 0 Å². The molecule has 0 aromatic heterocycles. The molecule has 5 heteroatoms. The van der Waals surface area contributed by atoms with Crippen LogP contribution in [-0.4, -0.2) is 11.6 Å². The molecule has 0 bridgehead atoms. The monoisotopic (exact) mass is 233 g/mol. The molecule has 1 rings (SSSR count). The van der Waals surface area contributed by atoms with Gasteiger partial charge in [0.1, 0.15) is 11.6 Å². The zero-order valence-corrected chi connectivity index (χ0v) is 8.87. The van der Waals surface area contributed by atoms with E-state index in [1.165, 1.54) is 18.2 Å². The van der Waals surface area contributed by atoms with Gasteiger partial charge in [-0.05, 0) is 18.2 Å². The molecule has 0 aliphatic rings. The zero-order valence-electron chi connectivity index (χ0n) is 7.30. The number of ether oxygens (including phenoxy) is 1. The van der Waals surface area contributed by atoms with Gasteiger partial charge in [0.2, 0.25) is 0 Å². The highest BCUT2D eigenvalue weighted by molar-refractivity contribution is 7.80. The van der Waals surface area contributed by atoms with E-state index in [1.807, 2.05) is 0 Å². The van der Waals surface area contributed by atoms with Crippen molar-refractivity contribution in [3.05, 3.63) is 29.0 Å². The molecule has 0 radical (unpaired) electrons. The molecule has 0 amide bonds. The lowest BCUT2D eigenvalue weighted by Gasteiger charge is -2.06. The van der Waals surface area contributed by atoms with Crippen LogP contribution >= 0.6 is 23.8 Å². The smallest absolute Gasteiger partial charge is 0.138 e. The van der Waals surface area contributed by atoms with E-state index >= 15 is 0 Å². The number of nitrogens with two attached hydrogens (primary N) is 1. The quantitative estimate of drug-likeness (QED) is 0.812. The molecule has 0 aliphatic heterocycles. The molecule has 2 N–H and O–H groups in total. The minimum Gasteiger partial charge on any atom is -0.492 e. The van der Waals surface area contributed by atoms with E-state index in [-0.39, 0.29) is 5.02 Å². The highest BCUT2D eigenvalue weighted by Crippen LogP contribution is 2.24. The van der Waals surface area contributed by atoms with Gasteiger partial charge in [0.15, 0.2) is 0 Å². The average molecular weight is 234 g/mol. The fourth-order valence-electron chi connectivity index (χ4n) is 0.854. The summed E-state index contributed by atoms with van der Waals surface area (Å²) in [6, 6.07) is 3.94. The second kappa shape index (κ2) is 5.12. The summed E-state index contributed by atoms with van der Waals surface area (Å²) in [4.78, 5) is 0.378. The number of thiocarbonyl (C=S) groups is 1. The summed E-state index contributed by atoms with van der Waals surface area (Å²) >= 11 is 10.4. The molecule has 14 heavy (non-hydrogen) atoms. The van der Waals surface area contributed by atoms with E-state index in [2.05, 4.69) is 12.2 Å². The topological polar surface area (TPSA) is 35.2 Å². The standard InChI is InChI=1S/C9H9ClFNOS/c10-7-5-6(11)1-2-8(7)13-4-3-9(12)14/h1-2,5H,3-4H2,(H2,12,14). The lowest BCUT2D eigenvalue weighted by atomic mass is 10.3. The highest BCUT2D eigenvalue weighted by atomic mass is 35.5. The van der Waals surface area contributed by atoms with Crippen molar-refractivity contribution in [1.29, 1.82) is 0 Å². The fraction of sp³-hybridized carbons (Fsp3) is 0.222. The Labute approximate surface area is 91.8 Å². The first-order valence-electron chi connectivity index (χ1n) is 3.96. The second-order valence-corrected chi connectivity index (χ2v) is 3.57. The van der Waals surface area contributed by atoms with Crippen LogP contribution in [0.1, 0.15) is 6.42 Å². The van der Waals surface area contributed by atoms with Crippen LogP contribution < -0.4 is 10.5 Å². The molecule has 0 unspecified atom stereocenters. The molecular weight excluding hydrogens is 225 g/mol. The van der Waals surface area contributed by atoms with Gasteiger partial charge in [0, 0.05) is 6.42 Å². The van der Waals surface area contributed by atoms with E-state index in [1.54, 1.807) is 0 Å². The third-order valence-corrected chi connectivity index (χ3v) is 2.00. The molecule has 1 aromatic rings. The van der Waals surface area contributed by atoms with Gasteiger partial charge in [0.25, 0.3) is 0 Å². The molecule has 76 valence electrons. The van der Waals surface area contributed by atoms with Crippen molar-refractivity contribution in [2.24, 2.45) is 5.73 Å². The molecule has 0 heterocycles. The van der Waals surface area contributed by atoms with Gasteiger partial charge in [0.05, 0.1) is 16.6 Å². The van der Waals surface area contributed by atoms with Crippen molar-refractivity contribution in [1.82, 2.24) is 0 Å². The van der Waals surface area contributed by atoms with Crippen molar-refractivity contribution < 1.29 is 9.13 Å². The SMILES string of the molecule is NC(=S)CCOc1ccc(F)cc1Cl. The number of rotatable bonds is 4. The minimum atomic E-state index is -0.392. The first kappa shape index (κ1) is 11.2. The highest BCUT2D eigenvalue weighted by Gasteiger charge is 2.02. The summed E-state index contributed by atoms with van der Waals surface area (Å²) in [5, 5.41) is 0.243. The van der Waals surface area contributed by atoms with Gasteiger partial charge in [-0.25, -0.2) is 4.39 Å². The maximum absolute atomic E-state index is 12.6. The molecule has 0 saturated carbocycles. The number of hydrogen-bond acceptors (Lipinski definition) is 2. The van der Waals surface area contributed by atoms with Gasteiger partial charge in [-0.3, -0.25) is 0 Å². The van der Waals surface area contributed by atoms with E-state index in [0.29, 0.717) is 23.8 Å². The summed E-state index contributed by atoms with van der Waals surface area (Å²) in [6.07, 6.45) is 0.475. The Bertz CT molecular complexity index is 346. The molecule has 0 aliphatic carbocycles. The van der Waals surface area contributed by atoms with Gasteiger partial charge < -0.3 is 10.5 Å². The first-order chi connectivity index (χ1) is 6.59. The second-order valence-electron chi connectivity index (χ2n) is 2.64.